The largest absolute Gasteiger partial charge is 0.460 e. The van der Waals surface area contributed by atoms with Crippen LogP contribution in [0.3, 0.4) is 0 Å². The lowest BCUT2D eigenvalue weighted by molar-refractivity contribution is 0.102. The summed E-state index contributed by atoms with van der Waals surface area (Å²) in [6.45, 7) is 3.72. The van der Waals surface area contributed by atoms with E-state index >= 15 is 0 Å². The third-order valence-electron chi connectivity index (χ3n) is 7.29. The predicted molar refractivity (Wildman–Crippen MR) is 171 cm³/mol. The van der Waals surface area contributed by atoms with Crippen LogP contribution in [0.25, 0.3) is 44.7 Å². The zero-order chi connectivity index (χ0) is 30.2. The van der Waals surface area contributed by atoms with Crippen LogP contribution in [0.1, 0.15) is 32.2 Å². The van der Waals surface area contributed by atoms with Gasteiger partial charge < -0.3 is 19.5 Å². The fraction of sp³-hybridized carbons (Fsp3) is 0.0556. The standard InChI is InChI=1S/C36H26N4O4/c1-21-14-16-33(43-21)31-19-27(25-10-3-5-12-29(25)39-31)35(41)37-23-8-7-9-24(18-23)38-36(42)28-20-32(34-17-15-22(2)44-34)40-30-13-6-4-11-26(28)30/h3-20H,1-2H3,(H,37,41)(H,38,42). The van der Waals surface area contributed by atoms with E-state index in [4.69, 9.17) is 18.8 Å². The molecule has 8 heteroatoms. The number of pyridine rings is 2. The summed E-state index contributed by atoms with van der Waals surface area (Å²) in [7, 11) is 0. The second kappa shape index (κ2) is 11.0. The smallest absolute Gasteiger partial charge is 0.256 e. The summed E-state index contributed by atoms with van der Waals surface area (Å²) in [6.07, 6.45) is 0. The molecule has 0 saturated heterocycles. The highest BCUT2D eigenvalue weighted by molar-refractivity contribution is 6.14. The third kappa shape index (κ3) is 5.20. The zero-order valence-corrected chi connectivity index (χ0v) is 23.9. The number of amides is 2. The van der Waals surface area contributed by atoms with Gasteiger partial charge in [0, 0.05) is 22.1 Å². The lowest BCUT2D eigenvalue weighted by Crippen LogP contribution is -2.15. The molecule has 4 aromatic heterocycles. The molecule has 44 heavy (non-hydrogen) atoms. The Balaban J connectivity index is 1.17. The highest BCUT2D eigenvalue weighted by Crippen LogP contribution is 2.29. The molecule has 0 aliphatic heterocycles. The number of carbonyl (C=O) groups excluding carboxylic acids is 2. The van der Waals surface area contributed by atoms with Gasteiger partial charge in [0.15, 0.2) is 11.5 Å². The summed E-state index contributed by atoms with van der Waals surface area (Å²) in [5.41, 5.74) is 4.45. The Bertz CT molecular complexity index is 2060. The van der Waals surface area contributed by atoms with Gasteiger partial charge in [-0.2, -0.15) is 0 Å². The molecule has 0 radical (unpaired) electrons. The number of anilines is 2. The van der Waals surface area contributed by atoms with Crippen molar-refractivity contribution in [2.45, 2.75) is 13.8 Å². The van der Waals surface area contributed by atoms with Crippen LogP contribution in [0.2, 0.25) is 0 Å². The van der Waals surface area contributed by atoms with E-state index in [0.29, 0.717) is 67.2 Å². The topological polar surface area (TPSA) is 110 Å². The van der Waals surface area contributed by atoms with Gasteiger partial charge in [0.2, 0.25) is 0 Å². The van der Waals surface area contributed by atoms with E-state index < -0.39 is 0 Å². The van der Waals surface area contributed by atoms with Crippen molar-refractivity contribution in [3.8, 4) is 22.9 Å². The molecule has 4 heterocycles. The van der Waals surface area contributed by atoms with Crippen molar-refractivity contribution in [1.29, 1.82) is 0 Å². The molecule has 8 nitrogen and oxygen atoms in total. The van der Waals surface area contributed by atoms with Gasteiger partial charge >= 0.3 is 0 Å². The van der Waals surface area contributed by atoms with E-state index in [1.807, 2.05) is 86.6 Å². The van der Waals surface area contributed by atoms with Gasteiger partial charge in [-0.05, 0) is 80.6 Å². The Morgan fingerprint density at radius 1 is 0.545 bits per heavy atom. The van der Waals surface area contributed by atoms with E-state index in [0.717, 1.165) is 11.5 Å². The second-order valence-electron chi connectivity index (χ2n) is 10.5. The van der Waals surface area contributed by atoms with Gasteiger partial charge in [0.05, 0.1) is 22.2 Å². The van der Waals surface area contributed by atoms with Crippen LogP contribution in [-0.4, -0.2) is 21.8 Å². The van der Waals surface area contributed by atoms with Crippen LogP contribution >= 0.6 is 0 Å². The van der Waals surface area contributed by atoms with Crippen LogP contribution in [0, 0.1) is 13.8 Å². The van der Waals surface area contributed by atoms with Crippen molar-refractivity contribution in [3.05, 3.63) is 132 Å². The highest BCUT2D eigenvalue weighted by atomic mass is 16.3. The van der Waals surface area contributed by atoms with Gasteiger partial charge in [-0.25, -0.2) is 9.97 Å². The number of furan rings is 2. The Morgan fingerprint density at radius 2 is 1.00 bits per heavy atom. The molecule has 0 fully saturated rings. The lowest BCUT2D eigenvalue weighted by Gasteiger charge is -2.12. The van der Waals surface area contributed by atoms with E-state index in [1.165, 1.54) is 0 Å². The monoisotopic (exact) mass is 578 g/mol. The Kier molecular flexibility index (Phi) is 6.71. The molecule has 7 aromatic rings. The Morgan fingerprint density at radius 3 is 1.43 bits per heavy atom. The first kappa shape index (κ1) is 26.9. The van der Waals surface area contributed by atoms with Crippen LogP contribution < -0.4 is 10.6 Å². The first-order valence-corrected chi connectivity index (χ1v) is 14.1. The highest BCUT2D eigenvalue weighted by Gasteiger charge is 2.18. The first-order valence-electron chi connectivity index (χ1n) is 14.1. The van der Waals surface area contributed by atoms with Crippen LogP contribution in [0.5, 0.6) is 0 Å². The molecule has 0 unspecified atom stereocenters. The van der Waals surface area contributed by atoms with Crippen molar-refractivity contribution in [2.24, 2.45) is 0 Å². The van der Waals surface area contributed by atoms with Crippen LogP contribution in [-0.2, 0) is 0 Å². The SMILES string of the molecule is Cc1ccc(-c2cc(C(=O)Nc3cccc(NC(=O)c4cc(-c5ccc(C)o5)nc5ccccc45)c3)c3ccccc3n2)o1. The average Bonchev–Trinajstić information content (AvgIpc) is 3.68. The third-order valence-corrected chi connectivity index (χ3v) is 7.29. The summed E-state index contributed by atoms with van der Waals surface area (Å²) in [4.78, 5) is 36.6. The predicted octanol–water partition coefficient (Wildman–Crippen LogP) is 8.42. The van der Waals surface area contributed by atoms with Gasteiger partial charge in [0.25, 0.3) is 11.8 Å². The Labute approximate surface area is 252 Å². The quantitative estimate of drug-likeness (QED) is 0.205. The number of nitrogens with zero attached hydrogens (tertiary/aromatic N) is 2. The van der Waals surface area contributed by atoms with E-state index in [1.54, 1.807) is 36.4 Å². The molecule has 0 spiro atoms. The first-order chi connectivity index (χ1) is 21.4. The van der Waals surface area contributed by atoms with E-state index in [9.17, 15) is 9.59 Å². The summed E-state index contributed by atoms with van der Waals surface area (Å²) < 4.78 is 11.6. The fourth-order valence-electron chi connectivity index (χ4n) is 5.19. The fourth-order valence-corrected chi connectivity index (χ4v) is 5.19. The minimum absolute atomic E-state index is 0.310. The number of aryl methyl sites for hydroxylation is 2. The second-order valence-corrected chi connectivity index (χ2v) is 10.5. The van der Waals surface area contributed by atoms with Crippen molar-refractivity contribution in [1.82, 2.24) is 9.97 Å². The average molecular weight is 579 g/mol. The van der Waals surface area contributed by atoms with Crippen LogP contribution in [0.15, 0.2) is 118 Å². The number of para-hydroxylation sites is 2. The van der Waals surface area contributed by atoms with Crippen LogP contribution in [0.4, 0.5) is 11.4 Å². The minimum Gasteiger partial charge on any atom is -0.460 e. The summed E-state index contributed by atoms with van der Waals surface area (Å²) in [6, 6.07) is 32.8. The number of carbonyl (C=O) groups is 2. The molecule has 0 saturated carbocycles. The summed E-state index contributed by atoms with van der Waals surface area (Å²) >= 11 is 0. The number of fused-ring (bicyclic) bond motifs is 2. The van der Waals surface area contributed by atoms with E-state index in [2.05, 4.69) is 10.6 Å². The number of nitrogens with one attached hydrogen (secondary N) is 2. The van der Waals surface area contributed by atoms with Crippen molar-refractivity contribution < 1.29 is 18.4 Å². The molecule has 0 aliphatic rings. The van der Waals surface area contributed by atoms with Crippen molar-refractivity contribution in [2.75, 3.05) is 10.6 Å². The Hall–Kier alpha value is -6.02. The number of benzene rings is 3. The molecule has 2 amide bonds. The molecule has 7 rings (SSSR count). The number of hydrogen-bond acceptors (Lipinski definition) is 6. The molecule has 0 atom stereocenters. The summed E-state index contributed by atoms with van der Waals surface area (Å²) in [5.74, 6) is 2.06. The van der Waals surface area contributed by atoms with Crippen molar-refractivity contribution >= 4 is 45.0 Å². The normalized spacial score (nSPS) is 11.1. The lowest BCUT2D eigenvalue weighted by atomic mass is 10.1. The van der Waals surface area contributed by atoms with Gasteiger partial charge in [0.1, 0.15) is 22.9 Å². The van der Waals surface area contributed by atoms with Crippen molar-refractivity contribution in [3.63, 3.8) is 0 Å². The number of aromatic nitrogens is 2. The van der Waals surface area contributed by atoms with Gasteiger partial charge in [-0.3, -0.25) is 9.59 Å². The molecular formula is C36H26N4O4. The molecular weight excluding hydrogens is 552 g/mol. The zero-order valence-electron chi connectivity index (χ0n) is 23.9. The van der Waals surface area contributed by atoms with E-state index in [-0.39, 0.29) is 11.8 Å². The number of hydrogen-bond donors (Lipinski definition) is 2. The molecule has 2 N–H and O–H groups in total. The van der Waals surface area contributed by atoms with Gasteiger partial charge in [-0.15, -0.1) is 0 Å². The molecule has 0 aliphatic carbocycles. The summed E-state index contributed by atoms with van der Waals surface area (Å²) in [5, 5.41) is 7.39. The maximum atomic E-state index is 13.6. The molecule has 3 aromatic carbocycles. The molecule has 214 valence electrons. The maximum absolute atomic E-state index is 13.6. The maximum Gasteiger partial charge on any atom is 0.256 e. The molecule has 0 bridgehead atoms. The number of rotatable bonds is 6. The minimum atomic E-state index is -0.310. The van der Waals surface area contributed by atoms with Gasteiger partial charge in [-0.1, -0.05) is 42.5 Å².